The summed E-state index contributed by atoms with van der Waals surface area (Å²) in [6.45, 7) is 5.00. The predicted molar refractivity (Wildman–Crippen MR) is 94.0 cm³/mol. The summed E-state index contributed by atoms with van der Waals surface area (Å²) < 4.78 is 44.2. The Morgan fingerprint density at radius 1 is 1.23 bits per heavy atom. The zero-order chi connectivity index (χ0) is 19.5. The maximum absolute atomic E-state index is 13.0. The normalized spacial score (nSPS) is 11.3. The van der Waals surface area contributed by atoms with Gasteiger partial charge in [-0.3, -0.25) is 0 Å². The van der Waals surface area contributed by atoms with E-state index in [1.165, 1.54) is 11.8 Å². The molecule has 2 rings (SSSR count). The van der Waals surface area contributed by atoms with E-state index in [4.69, 9.17) is 4.74 Å². The first kappa shape index (κ1) is 20.0. The summed E-state index contributed by atoms with van der Waals surface area (Å²) in [7, 11) is 0. The van der Waals surface area contributed by atoms with Gasteiger partial charge >= 0.3 is 12.1 Å². The van der Waals surface area contributed by atoms with E-state index in [1.807, 2.05) is 0 Å². The molecule has 0 aliphatic heterocycles. The molecule has 0 spiro atoms. The number of nitrogens with one attached hydrogen (secondary N) is 1. The van der Waals surface area contributed by atoms with Crippen LogP contribution in [0.5, 0.6) is 0 Å². The van der Waals surface area contributed by atoms with Crippen LogP contribution in [0.3, 0.4) is 0 Å². The molecule has 0 aliphatic rings. The monoisotopic (exact) mass is 385 g/mol. The van der Waals surface area contributed by atoms with Crippen LogP contribution < -0.4 is 5.32 Å². The van der Waals surface area contributed by atoms with Gasteiger partial charge in [0.1, 0.15) is 11.4 Å². The van der Waals surface area contributed by atoms with Gasteiger partial charge in [0.2, 0.25) is 0 Å². The first-order chi connectivity index (χ1) is 12.2. The molecule has 0 radical (unpaired) electrons. The summed E-state index contributed by atoms with van der Waals surface area (Å²) in [5.74, 6) is -0.525. The molecule has 0 atom stereocenters. The van der Waals surface area contributed by atoms with Gasteiger partial charge in [0.05, 0.1) is 17.9 Å². The highest BCUT2D eigenvalue weighted by Crippen LogP contribution is 2.33. The molecule has 2 aromatic rings. The van der Waals surface area contributed by atoms with Crippen molar-refractivity contribution in [3.05, 3.63) is 40.6 Å². The second-order valence-electron chi connectivity index (χ2n) is 5.45. The number of hydrogen-bond acceptors (Lipinski definition) is 6. The molecule has 0 saturated carbocycles. The van der Waals surface area contributed by atoms with Crippen molar-refractivity contribution >= 4 is 29.2 Å². The van der Waals surface area contributed by atoms with Crippen molar-refractivity contribution in [2.45, 2.75) is 32.1 Å². The summed E-state index contributed by atoms with van der Waals surface area (Å²) in [6, 6.07) is 3.56. The molecule has 0 aliphatic carbocycles. The summed E-state index contributed by atoms with van der Waals surface area (Å²) in [4.78, 5) is 20.7. The molecule has 1 N–H and O–H groups in total. The Labute approximate surface area is 153 Å². The second kappa shape index (κ2) is 7.94. The Morgan fingerprint density at radius 3 is 2.50 bits per heavy atom. The number of halogens is 3. The molecule has 0 unspecified atom stereocenters. The Hall–Kier alpha value is -2.29. The van der Waals surface area contributed by atoms with E-state index in [0.717, 1.165) is 12.1 Å². The summed E-state index contributed by atoms with van der Waals surface area (Å²) in [5.41, 5.74) is 0.297. The highest BCUT2D eigenvalue weighted by Gasteiger charge is 2.31. The van der Waals surface area contributed by atoms with Crippen LogP contribution in [-0.4, -0.2) is 28.8 Å². The lowest BCUT2D eigenvalue weighted by molar-refractivity contribution is -0.137. The minimum Gasteiger partial charge on any atom is -0.462 e. The van der Waals surface area contributed by atoms with Crippen molar-refractivity contribution < 1.29 is 22.7 Å². The third kappa shape index (κ3) is 4.66. The van der Waals surface area contributed by atoms with E-state index in [1.54, 1.807) is 33.1 Å². The number of anilines is 2. The first-order valence-electron chi connectivity index (χ1n) is 7.71. The molecule has 26 heavy (non-hydrogen) atoms. The van der Waals surface area contributed by atoms with Crippen LogP contribution in [0.25, 0.3) is 0 Å². The van der Waals surface area contributed by atoms with Gasteiger partial charge in [-0.15, -0.1) is 0 Å². The molecule has 1 aromatic carbocycles. The average Bonchev–Trinajstić information content (AvgIpc) is 2.53. The third-order valence-electron chi connectivity index (χ3n) is 3.40. The number of carbonyl (C=O) groups excluding carboxylic acids is 1. The number of rotatable bonds is 5. The molecule has 1 heterocycles. The predicted octanol–water partition coefficient (Wildman–Crippen LogP) is 4.75. The van der Waals surface area contributed by atoms with E-state index in [-0.39, 0.29) is 23.7 Å². The number of ether oxygens (including phenoxy) is 1. The maximum Gasteiger partial charge on any atom is 0.416 e. The largest absolute Gasteiger partial charge is 0.462 e. The molecular formula is C17H18F3N3O2S. The number of nitrogens with zero attached hydrogens (tertiary/aromatic N) is 2. The number of aryl methyl sites for hydroxylation is 2. The minimum absolute atomic E-state index is 0.0970. The van der Waals surface area contributed by atoms with Gasteiger partial charge in [-0.25, -0.2) is 14.8 Å². The number of aromatic nitrogens is 2. The van der Waals surface area contributed by atoms with E-state index in [2.05, 4.69) is 15.3 Å². The summed E-state index contributed by atoms with van der Waals surface area (Å²) in [5, 5.41) is 3.21. The van der Waals surface area contributed by atoms with E-state index in [0.29, 0.717) is 16.4 Å². The van der Waals surface area contributed by atoms with E-state index >= 15 is 0 Å². The Kier molecular flexibility index (Phi) is 6.12. The number of esters is 1. The van der Waals surface area contributed by atoms with Crippen LogP contribution in [-0.2, 0) is 10.9 Å². The van der Waals surface area contributed by atoms with E-state index < -0.39 is 17.7 Å². The number of alkyl halides is 3. The van der Waals surface area contributed by atoms with Crippen molar-refractivity contribution in [3.63, 3.8) is 0 Å². The molecule has 0 amide bonds. The van der Waals surface area contributed by atoms with Gasteiger partial charge in [-0.05, 0) is 50.8 Å². The van der Waals surface area contributed by atoms with E-state index in [9.17, 15) is 18.0 Å². The molecule has 9 heteroatoms. The fourth-order valence-electron chi connectivity index (χ4n) is 2.33. The topological polar surface area (TPSA) is 64.1 Å². The van der Waals surface area contributed by atoms with Gasteiger partial charge < -0.3 is 10.1 Å². The smallest absolute Gasteiger partial charge is 0.416 e. The van der Waals surface area contributed by atoms with Gasteiger partial charge in [0.15, 0.2) is 5.16 Å². The van der Waals surface area contributed by atoms with Gasteiger partial charge in [-0.1, -0.05) is 11.8 Å². The number of hydrogen-bond donors (Lipinski definition) is 1. The Morgan fingerprint density at radius 2 is 1.92 bits per heavy atom. The van der Waals surface area contributed by atoms with Crippen LogP contribution in [0, 0.1) is 13.8 Å². The molecule has 5 nitrogen and oxygen atoms in total. The Balaban J connectivity index is 2.53. The quantitative estimate of drug-likeness (QED) is 0.455. The lowest BCUT2D eigenvalue weighted by Gasteiger charge is -2.15. The molecular weight excluding hydrogens is 367 g/mol. The number of thioether (sulfide) groups is 1. The second-order valence-corrected chi connectivity index (χ2v) is 6.22. The van der Waals surface area contributed by atoms with Gasteiger partial charge in [0, 0.05) is 5.69 Å². The highest BCUT2D eigenvalue weighted by molar-refractivity contribution is 7.98. The lowest BCUT2D eigenvalue weighted by Crippen LogP contribution is -2.14. The molecule has 0 fully saturated rings. The van der Waals surface area contributed by atoms with Crippen LogP contribution in [0.15, 0.2) is 23.4 Å². The Bertz CT molecular complexity index is 826. The minimum atomic E-state index is -4.47. The fraction of sp³-hybridized carbons (Fsp3) is 0.353. The SMILES string of the molecule is CCOC(=O)c1c(C)nc(SC)nc1Nc1cc(C)cc(C(F)(F)F)c1. The molecule has 140 valence electrons. The van der Waals surface area contributed by atoms with Crippen molar-refractivity contribution in [3.8, 4) is 0 Å². The standard InChI is InChI=1S/C17H18F3N3O2S/c1-5-25-15(24)13-10(3)21-16(26-4)23-14(13)22-12-7-9(2)6-11(8-12)17(18,19)20/h6-8H,5H2,1-4H3,(H,21,22,23). The van der Waals surface area contributed by atoms with Crippen molar-refractivity contribution in [1.29, 1.82) is 0 Å². The van der Waals surface area contributed by atoms with Crippen molar-refractivity contribution in [1.82, 2.24) is 9.97 Å². The maximum atomic E-state index is 13.0. The zero-order valence-corrected chi connectivity index (χ0v) is 15.5. The van der Waals surface area contributed by atoms with Crippen LogP contribution in [0.4, 0.5) is 24.7 Å². The average molecular weight is 385 g/mol. The van der Waals surface area contributed by atoms with Crippen molar-refractivity contribution in [2.24, 2.45) is 0 Å². The van der Waals surface area contributed by atoms with Gasteiger partial charge in [0.25, 0.3) is 0 Å². The molecule has 0 saturated heterocycles. The third-order valence-corrected chi connectivity index (χ3v) is 3.95. The fourth-order valence-corrected chi connectivity index (χ4v) is 2.74. The van der Waals surface area contributed by atoms with Crippen LogP contribution in [0.2, 0.25) is 0 Å². The summed E-state index contributed by atoms with van der Waals surface area (Å²) >= 11 is 1.26. The lowest BCUT2D eigenvalue weighted by atomic mass is 10.1. The van der Waals surface area contributed by atoms with Gasteiger partial charge in [-0.2, -0.15) is 13.2 Å². The number of carbonyl (C=O) groups is 1. The molecule has 1 aromatic heterocycles. The van der Waals surface area contributed by atoms with Crippen LogP contribution >= 0.6 is 11.8 Å². The number of benzene rings is 1. The summed E-state index contributed by atoms with van der Waals surface area (Å²) in [6.07, 6.45) is -2.71. The zero-order valence-electron chi connectivity index (χ0n) is 14.7. The molecule has 0 bridgehead atoms. The van der Waals surface area contributed by atoms with Crippen molar-refractivity contribution in [2.75, 3.05) is 18.2 Å². The van der Waals surface area contributed by atoms with Crippen LogP contribution in [0.1, 0.15) is 34.1 Å². The highest BCUT2D eigenvalue weighted by atomic mass is 32.2. The first-order valence-corrected chi connectivity index (χ1v) is 8.93.